The van der Waals surface area contributed by atoms with Crippen LogP contribution in [0.1, 0.15) is 18.7 Å². The molecular weight excluding hydrogens is 404 g/mol. The smallest absolute Gasteiger partial charge is 0.241 e. The number of ether oxygens (including phenoxy) is 1. The average Bonchev–Trinajstić information content (AvgIpc) is 3.23. The molecule has 0 atom stereocenters. The van der Waals surface area contributed by atoms with Crippen molar-refractivity contribution < 1.29 is 14.1 Å². The lowest BCUT2D eigenvalue weighted by atomic mass is 9.96. The number of carbonyl (C=O) groups excluding carboxylic acids is 1. The summed E-state index contributed by atoms with van der Waals surface area (Å²) in [5, 5.41) is 7.71. The van der Waals surface area contributed by atoms with E-state index in [-0.39, 0.29) is 11.8 Å². The summed E-state index contributed by atoms with van der Waals surface area (Å²) >= 11 is 5.92. The Morgan fingerprint density at radius 2 is 1.93 bits per heavy atom. The molecule has 8 heteroatoms. The lowest BCUT2D eigenvalue weighted by molar-refractivity contribution is -0.121. The summed E-state index contributed by atoms with van der Waals surface area (Å²) in [6.07, 6.45) is 1.55. The molecule has 1 aliphatic heterocycles. The number of para-hydroxylation sites is 2. The van der Waals surface area contributed by atoms with Crippen molar-refractivity contribution in [3.63, 3.8) is 0 Å². The number of hydrogen-bond donors (Lipinski definition) is 1. The van der Waals surface area contributed by atoms with Gasteiger partial charge in [-0.05, 0) is 62.3 Å². The first-order valence-corrected chi connectivity index (χ1v) is 10.2. The van der Waals surface area contributed by atoms with Crippen molar-refractivity contribution in [2.75, 3.05) is 25.5 Å². The standard InChI is InChI=1S/C22H23ClN4O3/c1-29-19-5-3-2-4-18(19)24-22(28)16-10-12-27(13-11-16)14-20-25-21(26-30-20)15-6-8-17(23)9-7-15/h2-9,16H,10-14H2,1H3,(H,24,28). The van der Waals surface area contributed by atoms with Gasteiger partial charge < -0.3 is 14.6 Å². The molecule has 156 valence electrons. The minimum absolute atomic E-state index is 0.0292. The van der Waals surface area contributed by atoms with Crippen LogP contribution in [0.25, 0.3) is 11.4 Å². The quantitative estimate of drug-likeness (QED) is 0.634. The van der Waals surface area contributed by atoms with Crippen molar-refractivity contribution in [3.05, 3.63) is 59.4 Å². The van der Waals surface area contributed by atoms with Gasteiger partial charge in [0, 0.05) is 16.5 Å². The zero-order valence-corrected chi connectivity index (χ0v) is 17.4. The highest BCUT2D eigenvalue weighted by Gasteiger charge is 2.26. The van der Waals surface area contributed by atoms with Crippen molar-refractivity contribution in [3.8, 4) is 17.1 Å². The second kappa shape index (κ2) is 9.28. The fourth-order valence-electron chi connectivity index (χ4n) is 3.56. The van der Waals surface area contributed by atoms with E-state index in [9.17, 15) is 4.79 Å². The van der Waals surface area contributed by atoms with Crippen LogP contribution in [0.4, 0.5) is 5.69 Å². The second-order valence-electron chi connectivity index (χ2n) is 7.26. The predicted octanol–water partition coefficient (Wildman–Crippen LogP) is 4.25. The van der Waals surface area contributed by atoms with Gasteiger partial charge in [-0.3, -0.25) is 9.69 Å². The number of methoxy groups -OCH3 is 1. The van der Waals surface area contributed by atoms with Crippen LogP contribution in [-0.4, -0.2) is 41.1 Å². The number of amides is 1. The molecule has 3 aromatic rings. The molecule has 4 rings (SSSR count). The number of nitrogens with zero attached hydrogens (tertiary/aromatic N) is 3. The Morgan fingerprint density at radius 3 is 2.67 bits per heavy atom. The maximum atomic E-state index is 12.6. The third-order valence-corrected chi connectivity index (χ3v) is 5.50. The highest BCUT2D eigenvalue weighted by atomic mass is 35.5. The van der Waals surface area contributed by atoms with Gasteiger partial charge in [0.1, 0.15) is 5.75 Å². The Balaban J connectivity index is 1.29. The largest absolute Gasteiger partial charge is 0.495 e. The topological polar surface area (TPSA) is 80.5 Å². The molecule has 30 heavy (non-hydrogen) atoms. The molecule has 7 nitrogen and oxygen atoms in total. The monoisotopic (exact) mass is 426 g/mol. The number of anilines is 1. The van der Waals surface area contributed by atoms with Gasteiger partial charge in [0.15, 0.2) is 0 Å². The van der Waals surface area contributed by atoms with Gasteiger partial charge in [0.25, 0.3) is 0 Å². The summed E-state index contributed by atoms with van der Waals surface area (Å²) < 4.78 is 10.7. The van der Waals surface area contributed by atoms with Crippen LogP contribution in [0, 0.1) is 5.92 Å². The van der Waals surface area contributed by atoms with Gasteiger partial charge in [0.2, 0.25) is 17.6 Å². The van der Waals surface area contributed by atoms with Gasteiger partial charge in [0.05, 0.1) is 19.3 Å². The summed E-state index contributed by atoms with van der Waals surface area (Å²) in [7, 11) is 1.60. The molecule has 0 spiro atoms. The number of hydrogen-bond acceptors (Lipinski definition) is 6. The van der Waals surface area contributed by atoms with Crippen molar-refractivity contribution >= 4 is 23.2 Å². The van der Waals surface area contributed by atoms with Crippen molar-refractivity contribution in [2.24, 2.45) is 5.92 Å². The first-order chi connectivity index (χ1) is 14.6. The van der Waals surface area contributed by atoms with Crippen LogP contribution in [-0.2, 0) is 11.3 Å². The summed E-state index contributed by atoms with van der Waals surface area (Å²) in [5.41, 5.74) is 1.56. The maximum absolute atomic E-state index is 12.6. The van der Waals surface area contributed by atoms with E-state index >= 15 is 0 Å². The molecule has 0 aliphatic carbocycles. The Bertz CT molecular complexity index is 998. The van der Waals surface area contributed by atoms with E-state index in [4.69, 9.17) is 20.9 Å². The van der Waals surface area contributed by atoms with E-state index in [1.165, 1.54) is 0 Å². The normalized spacial score (nSPS) is 15.1. The minimum Gasteiger partial charge on any atom is -0.495 e. The fourth-order valence-corrected chi connectivity index (χ4v) is 3.69. The van der Waals surface area contributed by atoms with E-state index in [2.05, 4.69) is 20.4 Å². The first-order valence-electron chi connectivity index (χ1n) is 9.87. The van der Waals surface area contributed by atoms with Crippen LogP contribution < -0.4 is 10.1 Å². The molecule has 2 heterocycles. The SMILES string of the molecule is COc1ccccc1NC(=O)C1CCN(Cc2nc(-c3ccc(Cl)cc3)no2)CC1. The molecule has 0 unspecified atom stereocenters. The highest BCUT2D eigenvalue weighted by molar-refractivity contribution is 6.30. The van der Waals surface area contributed by atoms with E-state index in [1.54, 1.807) is 19.2 Å². The van der Waals surface area contributed by atoms with E-state index in [0.29, 0.717) is 34.7 Å². The zero-order valence-electron chi connectivity index (χ0n) is 16.7. The molecule has 1 N–H and O–H groups in total. The van der Waals surface area contributed by atoms with Crippen LogP contribution in [0.5, 0.6) is 5.75 Å². The van der Waals surface area contributed by atoms with Crippen molar-refractivity contribution in [1.29, 1.82) is 0 Å². The number of halogens is 1. The number of nitrogens with one attached hydrogen (secondary N) is 1. The zero-order chi connectivity index (χ0) is 20.9. The molecule has 1 saturated heterocycles. The second-order valence-corrected chi connectivity index (χ2v) is 7.70. The Morgan fingerprint density at radius 1 is 1.20 bits per heavy atom. The number of piperidine rings is 1. The number of rotatable bonds is 6. The van der Waals surface area contributed by atoms with Crippen molar-refractivity contribution in [1.82, 2.24) is 15.0 Å². The summed E-state index contributed by atoms with van der Waals surface area (Å²) in [6, 6.07) is 14.8. The summed E-state index contributed by atoms with van der Waals surface area (Å²) in [5.74, 6) is 1.78. The molecule has 1 aliphatic rings. The lowest BCUT2D eigenvalue weighted by Crippen LogP contribution is -2.37. The van der Waals surface area contributed by atoms with E-state index < -0.39 is 0 Å². The number of carbonyl (C=O) groups is 1. The maximum Gasteiger partial charge on any atom is 0.241 e. The van der Waals surface area contributed by atoms with Crippen LogP contribution >= 0.6 is 11.6 Å². The summed E-state index contributed by atoms with van der Waals surface area (Å²) in [4.78, 5) is 19.4. The Kier molecular flexibility index (Phi) is 6.30. The lowest BCUT2D eigenvalue weighted by Gasteiger charge is -2.30. The third kappa shape index (κ3) is 4.80. The van der Waals surface area contributed by atoms with Gasteiger partial charge in [-0.1, -0.05) is 28.9 Å². The molecule has 0 radical (unpaired) electrons. The van der Waals surface area contributed by atoms with E-state index in [0.717, 1.165) is 31.5 Å². The minimum atomic E-state index is -0.0292. The molecule has 2 aromatic carbocycles. The van der Waals surface area contributed by atoms with Gasteiger partial charge in [-0.25, -0.2) is 0 Å². The molecule has 1 amide bonds. The van der Waals surface area contributed by atoms with Gasteiger partial charge >= 0.3 is 0 Å². The predicted molar refractivity (Wildman–Crippen MR) is 114 cm³/mol. The van der Waals surface area contributed by atoms with Gasteiger partial charge in [-0.2, -0.15) is 4.98 Å². The fraction of sp³-hybridized carbons (Fsp3) is 0.318. The van der Waals surface area contributed by atoms with Crippen LogP contribution in [0.2, 0.25) is 5.02 Å². The number of aromatic nitrogens is 2. The highest BCUT2D eigenvalue weighted by Crippen LogP contribution is 2.26. The van der Waals surface area contributed by atoms with Gasteiger partial charge in [-0.15, -0.1) is 0 Å². The van der Waals surface area contributed by atoms with Crippen LogP contribution in [0.15, 0.2) is 53.1 Å². The summed E-state index contributed by atoms with van der Waals surface area (Å²) in [6.45, 7) is 2.16. The van der Waals surface area contributed by atoms with E-state index in [1.807, 2.05) is 36.4 Å². The first kappa shape index (κ1) is 20.4. The number of benzene rings is 2. The molecule has 1 aromatic heterocycles. The number of likely N-dealkylation sites (tertiary alicyclic amines) is 1. The third-order valence-electron chi connectivity index (χ3n) is 5.25. The Hall–Kier alpha value is -2.90. The molecule has 1 fully saturated rings. The van der Waals surface area contributed by atoms with Crippen molar-refractivity contribution in [2.45, 2.75) is 19.4 Å². The molecule has 0 bridgehead atoms. The average molecular weight is 427 g/mol. The van der Waals surface area contributed by atoms with Crippen LogP contribution in [0.3, 0.4) is 0 Å². The Labute approximate surface area is 180 Å². The molecule has 0 saturated carbocycles. The molecular formula is C22H23ClN4O3.